The molecule has 1 N–H and O–H groups in total. The molecular formula is C38H38N4O2. The quantitative estimate of drug-likeness (QED) is 0.184. The molecule has 1 amide bonds. The topological polar surface area (TPSA) is 57.7 Å². The summed E-state index contributed by atoms with van der Waals surface area (Å²) in [5.74, 6) is 1.06. The van der Waals surface area contributed by atoms with Crippen LogP contribution in [-0.2, 0) is 16.9 Å². The lowest BCUT2D eigenvalue weighted by Crippen LogP contribution is -2.47. The summed E-state index contributed by atoms with van der Waals surface area (Å²) in [5, 5.41) is 4.18. The van der Waals surface area contributed by atoms with Gasteiger partial charge in [0.25, 0.3) is 0 Å². The van der Waals surface area contributed by atoms with Crippen LogP contribution in [0.1, 0.15) is 36.0 Å². The van der Waals surface area contributed by atoms with E-state index < -0.39 is 11.7 Å². The molecule has 0 saturated carbocycles. The van der Waals surface area contributed by atoms with E-state index in [0.29, 0.717) is 6.54 Å². The van der Waals surface area contributed by atoms with E-state index in [1.165, 1.54) is 5.39 Å². The van der Waals surface area contributed by atoms with E-state index in [-0.39, 0.29) is 0 Å². The van der Waals surface area contributed by atoms with Gasteiger partial charge in [-0.05, 0) is 60.7 Å². The van der Waals surface area contributed by atoms with Crippen LogP contribution in [0.25, 0.3) is 22.0 Å². The van der Waals surface area contributed by atoms with Crippen molar-refractivity contribution in [2.24, 2.45) is 0 Å². The molecule has 1 aliphatic heterocycles. The van der Waals surface area contributed by atoms with Crippen molar-refractivity contribution in [2.45, 2.75) is 31.4 Å². The number of ether oxygens (including phenoxy) is 1. The van der Waals surface area contributed by atoms with Gasteiger partial charge in [-0.3, -0.25) is 4.90 Å². The first-order valence-electron chi connectivity index (χ1n) is 15.7. The van der Waals surface area contributed by atoms with E-state index in [9.17, 15) is 4.79 Å². The van der Waals surface area contributed by atoms with Crippen molar-refractivity contribution in [1.82, 2.24) is 15.2 Å². The maximum atomic E-state index is 13.3. The lowest BCUT2D eigenvalue weighted by molar-refractivity contribution is 0.0325. The molecule has 44 heavy (non-hydrogen) atoms. The predicted molar refractivity (Wildman–Crippen MR) is 177 cm³/mol. The number of hydrogen-bond donors (Lipinski definition) is 1. The summed E-state index contributed by atoms with van der Waals surface area (Å²) in [7, 11) is 0. The number of amides is 1. The Morgan fingerprint density at radius 3 is 2.14 bits per heavy atom. The van der Waals surface area contributed by atoms with E-state index in [2.05, 4.69) is 94.0 Å². The molecule has 1 aromatic heterocycles. The van der Waals surface area contributed by atoms with Gasteiger partial charge < -0.3 is 15.0 Å². The van der Waals surface area contributed by atoms with Crippen molar-refractivity contribution >= 4 is 22.8 Å². The Morgan fingerprint density at radius 1 is 0.727 bits per heavy atom. The number of nitrogens with one attached hydrogen (secondary N) is 1. The zero-order valence-electron chi connectivity index (χ0n) is 25.0. The highest BCUT2D eigenvalue weighted by molar-refractivity contribution is 5.82. The Labute approximate surface area is 259 Å². The second-order valence-corrected chi connectivity index (χ2v) is 11.8. The van der Waals surface area contributed by atoms with Gasteiger partial charge in [-0.15, -0.1) is 0 Å². The molecule has 0 bridgehead atoms. The largest absolute Gasteiger partial charge is 0.433 e. The minimum absolute atomic E-state index is 0.390. The summed E-state index contributed by atoms with van der Waals surface area (Å²) in [6.45, 7) is 5.44. The van der Waals surface area contributed by atoms with Crippen LogP contribution >= 0.6 is 0 Å². The van der Waals surface area contributed by atoms with E-state index in [0.717, 1.165) is 91.1 Å². The fourth-order valence-electron chi connectivity index (χ4n) is 6.82. The van der Waals surface area contributed by atoms with Crippen molar-refractivity contribution < 1.29 is 9.53 Å². The fourth-order valence-corrected chi connectivity index (χ4v) is 6.82. The summed E-state index contributed by atoms with van der Waals surface area (Å²) in [4.78, 5) is 23.2. The first-order valence-corrected chi connectivity index (χ1v) is 15.7. The minimum atomic E-state index is -0.811. The number of carbonyl (C=O) groups is 1. The van der Waals surface area contributed by atoms with Crippen LogP contribution in [0, 0.1) is 0 Å². The standard InChI is InChI=1S/C38H38N4O2/c43-37(39-28-29-12-2-1-3-13-29)44-38(33-17-7-5-15-31(33)32-16-6-8-18-34(32)38)22-10-11-23-41-24-26-42(27-25-41)36-21-20-30-14-4-9-19-35(30)40-36/h1-9,12-21H,10-11,22-28H2,(H,39,43). The molecule has 6 nitrogen and oxygen atoms in total. The molecular weight excluding hydrogens is 544 g/mol. The van der Waals surface area contributed by atoms with Gasteiger partial charge in [0, 0.05) is 49.2 Å². The molecule has 4 aromatic carbocycles. The van der Waals surface area contributed by atoms with Crippen LogP contribution in [0.15, 0.2) is 115 Å². The number of carbonyl (C=O) groups excluding carboxylic acids is 1. The molecule has 0 radical (unpaired) electrons. The zero-order chi connectivity index (χ0) is 29.8. The Morgan fingerprint density at radius 2 is 1.39 bits per heavy atom. The molecule has 222 valence electrons. The Hall–Kier alpha value is -4.68. The number of piperazine rings is 1. The minimum Gasteiger partial charge on any atom is -0.433 e. The number of pyridine rings is 1. The van der Waals surface area contributed by atoms with Gasteiger partial charge >= 0.3 is 6.09 Å². The molecule has 7 rings (SSSR count). The number of benzene rings is 4. The van der Waals surface area contributed by atoms with Crippen LogP contribution in [0.5, 0.6) is 0 Å². The molecule has 2 heterocycles. The van der Waals surface area contributed by atoms with Crippen molar-refractivity contribution in [3.63, 3.8) is 0 Å². The van der Waals surface area contributed by atoms with Gasteiger partial charge in [0.2, 0.25) is 0 Å². The molecule has 1 aliphatic carbocycles. The van der Waals surface area contributed by atoms with Crippen LogP contribution in [-0.4, -0.2) is 48.7 Å². The molecule has 0 spiro atoms. The van der Waals surface area contributed by atoms with Gasteiger partial charge in [-0.1, -0.05) is 97.1 Å². The number of hydrogen-bond acceptors (Lipinski definition) is 5. The number of fused-ring (bicyclic) bond motifs is 4. The fraction of sp³-hybridized carbons (Fsp3) is 0.263. The first-order chi connectivity index (χ1) is 21.7. The van der Waals surface area contributed by atoms with Gasteiger partial charge in [0.05, 0.1) is 5.52 Å². The van der Waals surface area contributed by atoms with Crippen LogP contribution in [0.4, 0.5) is 10.6 Å². The number of anilines is 1. The molecule has 1 saturated heterocycles. The van der Waals surface area contributed by atoms with Crippen molar-refractivity contribution in [3.05, 3.63) is 132 Å². The second-order valence-electron chi connectivity index (χ2n) is 11.8. The summed E-state index contributed by atoms with van der Waals surface area (Å²) in [5.41, 5.74) is 5.73. The van der Waals surface area contributed by atoms with E-state index in [1.807, 2.05) is 36.4 Å². The molecule has 0 unspecified atom stereocenters. The molecule has 1 fully saturated rings. The normalized spacial score (nSPS) is 15.5. The maximum absolute atomic E-state index is 13.3. The maximum Gasteiger partial charge on any atom is 0.408 e. The van der Waals surface area contributed by atoms with E-state index in [4.69, 9.17) is 9.72 Å². The van der Waals surface area contributed by atoms with E-state index >= 15 is 0 Å². The highest BCUT2D eigenvalue weighted by Crippen LogP contribution is 2.52. The number of rotatable bonds is 9. The third kappa shape index (κ3) is 5.65. The summed E-state index contributed by atoms with van der Waals surface area (Å²) >= 11 is 0. The van der Waals surface area contributed by atoms with Gasteiger partial charge in [0.1, 0.15) is 5.82 Å². The van der Waals surface area contributed by atoms with Gasteiger partial charge in [-0.2, -0.15) is 0 Å². The highest BCUT2D eigenvalue weighted by atomic mass is 16.6. The molecule has 2 aliphatic rings. The second kappa shape index (κ2) is 12.5. The third-order valence-electron chi connectivity index (χ3n) is 9.09. The predicted octanol–water partition coefficient (Wildman–Crippen LogP) is 7.38. The van der Waals surface area contributed by atoms with Gasteiger partial charge in [-0.25, -0.2) is 9.78 Å². The first kappa shape index (κ1) is 28.1. The van der Waals surface area contributed by atoms with Crippen molar-refractivity contribution in [2.75, 3.05) is 37.6 Å². The van der Waals surface area contributed by atoms with Gasteiger partial charge in [0.15, 0.2) is 5.60 Å². The summed E-state index contributed by atoms with van der Waals surface area (Å²) < 4.78 is 6.48. The Balaban J connectivity index is 1.00. The third-order valence-corrected chi connectivity index (χ3v) is 9.09. The van der Waals surface area contributed by atoms with Crippen molar-refractivity contribution in [3.8, 4) is 11.1 Å². The lowest BCUT2D eigenvalue weighted by atomic mass is 9.86. The van der Waals surface area contributed by atoms with E-state index in [1.54, 1.807) is 0 Å². The Kier molecular flexibility index (Phi) is 7.99. The van der Waals surface area contributed by atoms with Crippen LogP contribution < -0.4 is 10.2 Å². The zero-order valence-corrected chi connectivity index (χ0v) is 25.0. The monoisotopic (exact) mass is 582 g/mol. The highest BCUT2D eigenvalue weighted by Gasteiger charge is 2.46. The average molecular weight is 583 g/mol. The number of nitrogens with zero attached hydrogens (tertiary/aromatic N) is 3. The summed E-state index contributed by atoms with van der Waals surface area (Å²) in [6.07, 6.45) is 2.33. The molecule has 6 heteroatoms. The number of aromatic nitrogens is 1. The SMILES string of the molecule is O=C(NCc1ccccc1)OC1(CCCCN2CCN(c3ccc4ccccc4n3)CC2)c2ccccc2-c2ccccc21. The number of unbranched alkanes of at least 4 members (excludes halogenated alkanes) is 1. The molecule has 5 aromatic rings. The average Bonchev–Trinajstić information content (AvgIpc) is 3.35. The Bertz CT molecular complexity index is 1700. The van der Waals surface area contributed by atoms with Crippen molar-refractivity contribution in [1.29, 1.82) is 0 Å². The smallest absolute Gasteiger partial charge is 0.408 e. The number of para-hydroxylation sites is 1. The summed E-state index contributed by atoms with van der Waals surface area (Å²) in [6, 6.07) is 39.3. The van der Waals surface area contributed by atoms with Crippen LogP contribution in [0.2, 0.25) is 0 Å². The lowest BCUT2D eigenvalue weighted by Gasteiger charge is -2.36. The molecule has 0 atom stereocenters. The number of alkyl carbamates (subject to hydrolysis) is 1. The van der Waals surface area contributed by atoms with Crippen LogP contribution in [0.3, 0.4) is 0 Å².